The molecule has 19 heavy (non-hydrogen) atoms. The molecule has 5 nitrogen and oxygen atoms in total. The number of fused-ring (bicyclic) bond motifs is 1. The lowest BCUT2D eigenvalue weighted by atomic mass is 10.1. The summed E-state index contributed by atoms with van der Waals surface area (Å²) in [6.45, 7) is 3.20. The van der Waals surface area contributed by atoms with Gasteiger partial charge in [0.15, 0.2) is 0 Å². The number of nitrogens with zero attached hydrogens (tertiary/aromatic N) is 2. The second kappa shape index (κ2) is 4.76. The van der Waals surface area contributed by atoms with E-state index < -0.39 is 0 Å². The van der Waals surface area contributed by atoms with Crippen LogP contribution in [-0.4, -0.2) is 22.6 Å². The lowest BCUT2D eigenvalue weighted by molar-refractivity contribution is 0.202. The Morgan fingerprint density at radius 1 is 1.47 bits per heavy atom. The topological polar surface area (TPSA) is 58.4 Å². The summed E-state index contributed by atoms with van der Waals surface area (Å²) in [4.78, 5) is 13.9. The van der Waals surface area contributed by atoms with Crippen molar-refractivity contribution < 1.29 is 9.32 Å². The molecule has 2 aromatic rings. The van der Waals surface area contributed by atoms with Crippen LogP contribution < -0.4 is 5.32 Å². The molecule has 1 aliphatic heterocycles. The molecule has 0 aliphatic carbocycles. The van der Waals surface area contributed by atoms with Gasteiger partial charge in [-0.3, -0.25) is 0 Å². The number of carbonyl (C=O) groups is 1. The summed E-state index contributed by atoms with van der Waals surface area (Å²) >= 11 is 0. The highest BCUT2D eigenvalue weighted by Crippen LogP contribution is 2.19. The Morgan fingerprint density at radius 2 is 2.37 bits per heavy atom. The molecule has 1 N–H and O–H groups in total. The molecule has 0 saturated heterocycles. The van der Waals surface area contributed by atoms with E-state index in [2.05, 4.69) is 10.5 Å². The Balaban J connectivity index is 1.69. The van der Waals surface area contributed by atoms with E-state index in [1.54, 1.807) is 11.1 Å². The number of hydrogen-bond acceptors (Lipinski definition) is 3. The minimum Gasteiger partial charge on any atom is -0.361 e. The van der Waals surface area contributed by atoms with Gasteiger partial charge in [0.2, 0.25) is 0 Å². The van der Waals surface area contributed by atoms with Gasteiger partial charge in [0, 0.05) is 24.2 Å². The van der Waals surface area contributed by atoms with E-state index in [0.717, 1.165) is 29.0 Å². The number of benzene rings is 1. The molecule has 1 aliphatic rings. The normalized spacial score (nSPS) is 14.1. The standard InChI is InChI=1S/C14H15N3O2/c1-10-3-2-4-12(7-10)16-14(18)17-6-5-13-11(9-17)8-15-19-13/h2-4,7-8H,5-6,9H2,1H3,(H,16,18). The Hall–Kier alpha value is -2.30. The molecule has 0 saturated carbocycles. The number of aromatic nitrogens is 1. The number of amides is 2. The SMILES string of the molecule is Cc1cccc(NC(=O)N2CCc3oncc3C2)c1. The molecule has 2 amide bonds. The fraction of sp³-hybridized carbons (Fsp3) is 0.286. The average molecular weight is 257 g/mol. The van der Waals surface area contributed by atoms with Crippen molar-refractivity contribution in [1.82, 2.24) is 10.1 Å². The molecule has 3 rings (SSSR count). The molecule has 0 unspecified atom stereocenters. The van der Waals surface area contributed by atoms with Crippen LogP contribution in [-0.2, 0) is 13.0 Å². The van der Waals surface area contributed by atoms with Crippen LogP contribution in [0.15, 0.2) is 35.0 Å². The first-order valence-electron chi connectivity index (χ1n) is 6.27. The summed E-state index contributed by atoms with van der Waals surface area (Å²) in [6.07, 6.45) is 2.40. The second-order valence-electron chi connectivity index (χ2n) is 4.75. The quantitative estimate of drug-likeness (QED) is 0.854. The smallest absolute Gasteiger partial charge is 0.322 e. The van der Waals surface area contributed by atoms with Gasteiger partial charge in [0.05, 0.1) is 12.7 Å². The van der Waals surface area contributed by atoms with Gasteiger partial charge < -0.3 is 14.7 Å². The van der Waals surface area contributed by atoms with Crippen LogP contribution in [0.25, 0.3) is 0 Å². The highest BCUT2D eigenvalue weighted by atomic mass is 16.5. The highest BCUT2D eigenvalue weighted by molar-refractivity contribution is 5.89. The van der Waals surface area contributed by atoms with Crippen molar-refractivity contribution in [1.29, 1.82) is 0 Å². The van der Waals surface area contributed by atoms with Crippen LogP contribution in [0.4, 0.5) is 10.5 Å². The third-order valence-electron chi connectivity index (χ3n) is 3.26. The van der Waals surface area contributed by atoms with Crippen LogP contribution in [0.3, 0.4) is 0 Å². The monoisotopic (exact) mass is 257 g/mol. The van der Waals surface area contributed by atoms with E-state index >= 15 is 0 Å². The largest absolute Gasteiger partial charge is 0.361 e. The maximum absolute atomic E-state index is 12.2. The molecule has 0 atom stereocenters. The summed E-state index contributed by atoms with van der Waals surface area (Å²) in [6, 6.07) is 7.68. The summed E-state index contributed by atoms with van der Waals surface area (Å²) in [7, 11) is 0. The minimum absolute atomic E-state index is 0.0857. The Bertz CT molecular complexity index is 606. The zero-order valence-corrected chi connectivity index (χ0v) is 10.7. The molecular formula is C14H15N3O2. The maximum Gasteiger partial charge on any atom is 0.322 e. The summed E-state index contributed by atoms with van der Waals surface area (Å²) in [5, 5.41) is 6.67. The summed E-state index contributed by atoms with van der Waals surface area (Å²) in [5.41, 5.74) is 2.93. The number of anilines is 1. The van der Waals surface area contributed by atoms with E-state index in [4.69, 9.17) is 4.52 Å². The molecule has 0 spiro atoms. The Labute approximate surface area is 111 Å². The fourth-order valence-corrected chi connectivity index (χ4v) is 2.24. The van der Waals surface area contributed by atoms with Crippen molar-refractivity contribution in [2.24, 2.45) is 0 Å². The zero-order chi connectivity index (χ0) is 13.2. The van der Waals surface area contributed by atoms with Gasteiger partial charge in [-0.15, -0.1) is 0 Å². The van der Waals surface area contributed by atoms with Gasteiger partial charge in [-0.1, -0.05) is 17.3 Å². The molecule has 1 aromatic heterocycles. The van der Waals surface area contributed by atoms with E-state index in [9.17, 15) is 4.79 Å². The number of carbonyl (C=O) groups excluding carboxylic acids is 1. The summed E-state index contributed by atoms with van der Waals surface area (Å²) in [5.74, 6) is 0.889. The van der Waals surface area contributed by atoms with Gasteiger partial charge in [-0.25, -0.2) is 4.79 Å². The number of nitrogens with one attached hydrogen (secondary N) is 1. The summed E-state index contributed by atoms with van der Waals surface area (Å²) < 4.78 is 5.11. The Kier molecular flexibility index (Phi) is 2.95. The van der Waals surface area contributed by atoms with E-state index in [-0.39, 0.29) is 6.03 Å². The lowest BCUT2D eigenvalue weighted by Crippen LogP contribution is -2.38. The lowest BCUT2D eigenvalue weighted by Gasteiger charge is -2.25. The van der Waals surface area contributed by atoms with Crippen molar-refractivity contribution in [2.75, 3.05) is 11.9 Å². The number of hydrogen-bond donors (Lipinski definition) is 1. The average Bonchev–Trinajstić information content (AvgIpc) is 2.85. The van der Waals surface area contributed by atoms with Crippen molar-refractivity contribution in [3.8, 4) is 0 Å². The van der Waals surface area contributed by atoms with Crippen molar-refractivity contribution in [3.63, 3.8) is 0 Å². The zero-order valence-electron chi connectivity index (χ0n) is 10.7. The Morgan fingerprint density at radius 3 is 3.21 bits per heavy atom. The number of rotatable bonds is 1. The van der Waals surface area contributed by atoms with Gasteiger partial charge >= 0.3 is 6.03 Å². The van der Waals surface area contributed by atoms with Crippen molar-refractivity contribution in [3.05, 3.63) is 47.3 Å². The molecule has 1 aromatic carbocycles. The van der Waals surface area contributed by atoms with Gasteiger partial charge in [0.25, 0.3) is 0 Å². The van der Waals surface area contributed by atoms with Gasteiger partial charge in [0.1, 0.15) is 5.76 Å². The van der Waals surface area contributed by atoms with Crippen LogP contribution in [0, 0.1) is 6.92 Å². The first-order valence-corrected chi connectivity index (χ1v) is 6.27. The van der Waals surface area contributed by atoms with Crippen molar-refractivity contribution >= 4 is 11.7 Å². The minimum atomic E-state index is -0.0857. The van der Waals surface area contributed by atoms with Crippen LogP contribution in [0.1, 0.15) is 16.9 Å². The molecule has 0 radical (unpaired) electrons. The second-order valence-corrected chi connectivity index (χ2v) is 4.75. The first kappa shape index (κ1) is 11.8. The maximum atomic E-state index is 12.2. The first-order chi connectivity index (χ1) is 9.22. The molecule has 5 heteroatoms. The molecule has 0 fully saturated rings. The van der Waals surface area contributed by atoms with Gasteiger partial charge in [-0.05, 0) is 24.6 Å². The van der Waals surface area contributed by atoms with Gasteiger partial charge in [-0.2, -0.15) is 0 Å². The highest BCUT2D eigenvalue weighted by Gasteiger charge is 2.23. The third kappa shape index (κ3) is 2.45. The fourth-order valence-electron chi connectivity index (χ4n) is 2.24. The number of urea groups is 1. The van der Waals surface area contributed by atoms with Crippen molar-refractivity contribution in [2.45, 2.75) is 19.9 Å². The van der Waals surface area contributed by atoms with E-state index in [1.165, 1.54) is 0 Å². The molecule has 0 bridgehead atoms. The molecule has 98 valence electrons. The third-order valence-corrected chi connectivity index (χ3v) is 3.26. The molecule has 2 heterocycles. The molecular weight excluding hydrogens is 242 g/mol. The van der Waals surface area contributed by atoms with Crippen LogP contribution in [0.2, 0.25) is 0 Å². The predicted molar refractivity (Wildman–Crippen MR) is 70.8 cm³/mol. The van der Waals surface area contributed by atoms with E-state index in [1.807, 2.05) is 31.2 Å². The van der Waals surface area contributed by atoms with E-state index in [0.29, 0.717) is 13.1 Å². The van der Waals surface area contributed by atoms with Crippen LogP contribution >= 0.6 is 0 Å². The van der Waals surface area contributed by atoms with Crippen LogP contribution in [0.5, 0.6) is 0 Å². The predicted octanol–water partition coefficient (Wildman–Crippen LogP) is 2.57. The number of aryl methyl sites for hydroxylation is 1.